The summed E-state index contributed by atoms with van der Waals surface area (Å²) in [6.45, 7) is 11.1. The lowest BCUT2D eigenvalue weighted by atomic mass is 9.85. The van der Waals surface area contributed by atoms with E-state index >= 15 is 0 Å². The van der Waals surface area contributed by atoms with Crippen LogP contribution in [0.2, 0.25) is 0 Å². The second-order valence-electron chi connectivity index (χ2n) is 3.97. The largest absolute Gasteiger partial charge is 0.267 e. The van der Waals surface area contributed by atoms with E-state index in [-0.39, 0.29) is 11.8 Å². The topological polar surface area (TPSA) is 40.5 Å². The highest BCUT2D eigenvalue weighted by molar-refractivity contribution is 7.11. The molecule has 3 nitrogen and oxygen atoms in total. The molecular formula is C13H11N3S. The van der Waals surface area contributed by atoms with Crippen molar-refractivity contribution in [1.82, 2.24) is 0 Å². The molecule has 0 bridgehead atoms. The maximum Gasteiger partial charge on any atom is 0.196 e. The minimum atomic E-state index is -0.275. The average Bonchev–Trinajstić information content (AvgIpc) is 2.82. The van der Waals surface area contributed by atoms with Crippen LogP contribution < -0.4 is 0 Å². The van der Waals surface area contributed by atoms with E-state index in [0.717, 1.165) is 16.3 Å². The van der Waals surface area contributed by atoms with Crippen LogP contribution in [0.3, 0.4) is 0 Å². The van der Waals surface area contributed by atoms with Gasteiger partial charge in [0.25, 0.3) is 0 Å². The Morgan fingerprint density at radius 3 is 2.88 bits per heavy atom. The molecule has 1 aliphatic heterocycles. The van der Waals surface area contributed by atoms with Crippen LogP contribution in [-0.2, 0) is 0 Å². The van der Waals surface area contributed by atoms with E-state index in [4.69, 9.17) is 11.8 Å². The molecule has 84 valence electrons. The molecule has 0 N–H and O–H groups in total. The molecule has 0 radical (unpaired) electrons. The van der Waals surface area contributed by atoms with Crippen LogP contribution in [0.1, 0.15) is 18.7 Å². The van der Waals surface area contributed by atoms with Gasteiger partial charge in [-0.15, -0.1) is 11.3 Å². The Morgan fingerprint density at radius 1 is 1.59 bits per heavy atom. The van der Waals surface area contributed by atoms with Crippen molar-refractivity contribution in [3.63, 3.8) is 0 Å². The predicted molar refractivity (Wildman–Crippen MR) is 69.2 cm³/mol. The summed E-state index contributed by atoms with van der Waals surface area (Å²) in [7, 11) is 0. The lowest BCUT2D eigenvalue weighted by molar-refractivity contribution is 0.618. The van der Waals surface area contributed by atoms with Gasteiger partial charge in [0.1, 0.15) is 0 Å². The van der Waals surface area contributed by atoms with Gasteiger partial charge in [-0.05, 0) is 18.4 Å². The van der Waals surface area contributed by atoms with E-state index in [1.807, 2.05) is 31.4 Å². The smallest absolute Gasteiger partial charge is 0.196 e. The third-order valence-corrected chi connectivity index (χ3v) is 3.80. The highest BCUT2D eigenvalue weighted by Crippen LogP contribution is 2.37. The van der Waals surface area contributed by atoms with Crippen molar-refractivity contribution in [2.24, 2.45) is 16.8 Å². The fourth-order valence-corrected chi connectivity index (χ4v) is 2.72. The summed E-state index contributed by atoms with van der Waals surface area (Å²) in [5.41, 5.74) is 2.15. The molecule has 1 aromatic rings. The number of hydrogen-bond donors (Lipinski definition) is 0. The van der Waals surface area contributed by atoms with Gasteiger partial charge in [0.2, 0.25) is 0 Å². The Hall–Kier alpha value is -1.91. The first-order valence-electron chi connectivity index (χ1n) is 5.29. The number of aliphatic imine (C=N–C) groups is 1. The van der Waals surface area contributed by atoms with Crippen LogP contribution in [0.25, 0.3) is 10.5 Å². The molecule has 0 amide bonds. The summed E-state index contributed by atoms with van der Waals surface area (Å²) in [5.74, 6) is -0.352. The normalized spacial score (nSPS) is 23.9. The maximum atomic E-state index is 9.11. The van der Waals surface area contributed by atoms with Crippen molar-refractivity contribution in [1.29, 1.82) is 5.26 Å². The standard InChI is InChI=1S/C13H11N3S/c1-8-10(7-14)9(2)16-13(12(8)15-3)11-5-4-6-17-11/h4-6,8,10H,1-2H3/t8-,10?/m1/s1. The first kappa shape index (κ1) is 11.6. The molecular weight excluding hydrogens is 230 g/mol. The van der Waals surface area contributed by atoms with Crippen LogP contribution in [0.4, 0.5) is 0 Å². The van der Waals surface area contributed by atoms with Gasteiger partial charge >= 0.3 is 0 Å². The third kappa shape index (κ3) is 1.88. The van der Waals surface area contributed by atoms with E-state index in [0.29, 0.717) is 5.70 Å². The number of hydrogen-bond acceptors (Lipinski definition) is 3. The lowest BCUT2D eigenvalue weighted by Crippen LogP contribution is -2.23. The zero-order chi connectivity index (χ0) is 12.4. The Morgan fingerprint density at radius 2 is 2.35 bits per heavy atom. The molecule has 0 saturated heterocycles. The zero-order valence-electron chi connectivity index (χ0n) is 9.64. The molecule has 0 spiro atoms. The Bertz CT molecular complexity index is 567. The van der Waals surface area contributed by atoms with Gasteiger partial charge < -0.3 is 0 Å². The molecule has 2 atom stereocenters. The van der Waals surface area contributed by atoms with Crippen molar-refractivity contribution in [2.45, 2.75) is 13.8 Å². The van der Waals surface area contributed by atoms with Gasteiger partial charge in [-0.25, -0.2) is 4.85 Å². The second kappa shape index (κ2) is 4.53. The molecule has 1 aromatic heterocycles. The predicted octanol–water partition coefficient (Wildman–Crippen LogP) is 3.59. The first-order valence-corrected chi connectivity index (χ1v) is 6.17. The third-order valence-electron chi connectivity index (χ3n) is 2.93. The molecule has 2 rings (SSSR count). The van der Waals surface area contributed by atoms with Crippen LogP contribution in [-0.4, -0.2) is 5.71 Å². The van der Waals surface area contributed by atoms with E-state index in [9.17, 15) is 0 Å². The monoisotopic (exact) mass is 241 g/mol. The molecule has 1 aliphatic rings. The van der Waals surface area contributed by atoms with E-state index in [1.54, 1.807) is 11.3 Å². The summed E-state index contributed by atoms with van der Waals surface area (Å²) < 4.78 is 0. The van der Waals surface area contributed by atoms with Crippen molar-refractivity contribution >= 4 is 22.7 Å². The average molecular weight is 241 g/mol. The minimum Gasteiger partial charge on any atom is -0.267 e. The Balaban J connectivity index is 2.58. The summed E-state index contributed by atoms with van der Waals surface area (Å²) in [4.78, 5) is 9.03. The van der Waals surface area contributed by atoms with Gasteiger partial charge in [-0.3, -0.25) is 4.99 Å². The number of thiophene rings is 1. The highest BCUT2D eigenvalue weighted by Gasteiger charge is 2.31. The van der Waals surface area contributed by atoms with Crippen LogP contribution >= 0.6 is 11.3 Å². The first-order chi connectivity index (χ1) is 8.19. The van der Waals surface area contributed by atoms with Gasteiger partial charge in [0, 0.05) is 16.5 Å². The van der Waals surface area contributed by atoms with Gasteiger partial charge in [-0.2, -0.15) is 5.26 Å². The van der Waals surface area contributed by atoms with E-state index in [1.165, 1.54) is 0 Å². The van der Waals surface area contributed by atoms with E-state index in [2.05, 4.69) is 15.9 Å². The van der Waals surface area contributed by atoms with Gasteiger partial charge in [0.05, 0.1) is 24.3 Å². The molecule has 0 aliphatic carbocycles. The fraction of sp³-hybridized carbons (Fsp3) is 0.308. The van der Waals surface area contributed by atoms with Crippen LogP contribution in [0.5, 0.6) is 0 Å². The molecule has 0 saturated carbocycles. The Kier molecular flexibility index (Phi) is 3.08. The second-order valence-corrected chi connectivity index (χ2v) is 4.92. The molecule has 0 aromatic carbocycles. The highest BCUT2D eigenvalue weighted by atomic mass is 32.1. The van der Waals surface area contributed by atoms with Crippen molar-refractivity contribution in [2.75, 3.05) is 0 Å². The van der Waals surface area contributed by atoms with Gasteiger partial charge in [0.15, 0.2) is 5.70 Å². The zero-order valence-corrected chi connectivity index (χ0v) is 10.5. The van der Waals surface area contributed by atoms with Crippen molar-refractivity contribution in [3.05, 3.63) is 39.5 Å². The van der Waals surface area contributed by atoms with Gasteiger partial charge in [-0.1, -0.05) is 13.0 Å². The summed E-state index contributed by atoms with van der Waals surface area (Å²) in [6, 6.07) is 6.13. The molecule has 0 fully saturated rings. The summed E-state index contributed by atoms with van der Waals surface area (Å²) in [6.07, 6.45) is 0. The van der Waals surface area contributed by atoms with Crippen LogP contribution in [0, 0.1) is 29.7 Å². The Labute approximate surface area is 105 Å². The molecule has 17 heavy (non-hydrogen) atoms. The SMILES string of the molecule is [C-]#[N+]C1=C(c2cccs2)N=C(C)C(C#N)[C@H]1C. The fourth-order valence-electron chi connectivity index (χ4n) is 1.99. The number of nitriles is 1. The molecule has 4 heteroatoms. The van der Waals surface area contributed by atoms with Crippen molar-refractivity contribution in [3.8, 4) is 6.07 Å². The number of allylic oxidation sites excluding steroid dienone is 1. The number of nitrogens with zero attached hydrogens (tertiary/aromatic N) is 3. The van der Waals surface area contributed by atoms with E-state index < -0.39 is 0 Å². The number of rotatable bonds is 1. The minimum absolute atomic E-state index is 0.0768. The van der Waals surface area contributed by atoms with Crippen LogP contribution in [0.15, 0.2) is 28.2 Å². The lowest BCUT2D eigenvalue weighted by Gasteiger charge is -2.23. The quantitative estimate of drug-likeness (QED) is 0.693. The van der Waals surface area contributed by atoms with Crippen molar-refractivity contribution < 1.29 is 0 Å². The molecule has 1 unspecified atom stereocenters. The summed E-state index contributed by atoms with van der Waals surface area (Å²) in [5, 5.41) is 11.1. The maximum absolute atomic E-state index is 9.11. The molecule has 2 heterocycles. The summed E-state index contributed by atoms with van der Waals surface area (Å²) >= 11 is 1.57.